The highest BCUT2D eigenvalue weighted by Gasteiger charge is 2.30. The smallest absolute Gasteiger partial charge is 0.322 e. The van der Waals surface area contributed by atoms with Crippen LogP contribution in [-0.4, -0.2) is 54.2 Å². The van der Waals surface area contributed by atoms with E-state index >= 15 is 0 Å². The summed E-state index contributed by atoms with van der Waals surface area (Å²) < 4.78 is 0. The van der Waals surface area contributed by atoms with Crippen molar-refractivity contribution in [2.45, 2.75) is 25.4 Å². The number of hydrogen-bond donors (Lipinski definition) is 4. The monoisotopic (exact) mass is 318 g/mol. The molecule has 7 nitrogen and oxygen atoms in total. The number of nitrogens with one attached hydrogen (secondary N) is 3. The Hall–Kier alpha value is -2.12. The van der Waals surface area contributed by atoms with Gasteiger partial charge in [0, 0.05) is 30.4 Å². The fourth-order valence-corrected chi connectivity index (χ4v) is 3.10. The zero-order chi connectivity index (χ0) is 16.2. The molecule has 0 aliphatic carbocycles. The van der Waals surface area contributed by atoms with E-state index in [1.807, 2.05) is 11.0 Å². The number of urea groups is 1. The number of aliphatic hydroxyl groups excluding tert-OH is 1. The molecule has 0 bridgehead atoms. The van der Waals surface area contributed by atoms with E-state index in [2.05, 4.69) is 16.0 Å². The number of amides is 3. The van der Waals surface area contributed by atoms with Crippen molar-refractivity contribution in [2.75, 3.05) is 31.6 Å². The number of nitrogens with zero attached hydrogens (tertiary/aromatic N) is 1. The first kappa shape index (κ1) is 15.8. The van der Waals surface area contributed by atoms with Gasteiger partial charge in [-0.3, -0.25) is 4.79 Å². The van der Waals surface area contributed by atoms with Gasteiger partial charge in [-0.25, -0.2) is 4.79 Å². The van der Waals surface area contributed by atoms with Crippen molar-refractivity contribution in [3.05, 3.63) is 29.3 Å². The highest BCUT2D eigenvalue weighted by atomic mass is 16.3. The molecule has 1 aromatic rings. The van der Waals surface area contributed by atoms with Crippen molar-refractivity contribution in [1.82, 2.24) is 15.5 Å². The van der Waals surface area contributed by atoms with E-state index in [0.717, 1.165) is 31.5 Å². The Morgan fingerprint density at radius 3 is 2.87 bits per heavy atom. The number of carbonyl (C=O) groups is 2. The third kappa shape index (κ3) is 3.46. The first-order valence-electron chi connectivity index (χ1n) is 7.99. The fraction of sp³-hybridized carbons (Fsp3) is 0.500. The maximum atomic E-state index is 12.4. The second kappa shape index (κ2) is 6.97. The molecule has 7 heteroatoms. The Morgan fingerprint density at radius 2 is 2.13 bits per heavy atom. The molecule has 1 aromatic carbocycles. The predicted octanol–water partition coefficient (Wildman–Crippen LogP) is 0.508. The number of rotatable bonds is 4. The average molecular weight is 318 g/mol. The molecule has 1 saturated heterocycles. The molecule has 2 aliphatic heterocycles. The van der Waals surface area contributed by atoms with E-state index in [1.165, 1.54) is 0 Å². The molecule has 2 aliphatic rings. The molecule has 0 aromatic heterocycles. The molecule has 0 unspecified atom stereocenters. The number of anilines is 1. The van der Waals surface area contributed by atoms with Gasteiger partial charge in [-0.1, -0.05) is 6.07 Å². The number of fused-ring (bicyclic) bond motifs is 1. The summed E-state index contributed by atoms with van der Waals surface area (Å²) in [5.74, 6) is -0.253. The summed E-state index contributed by atoms with van der Waals surface area (Å²) >= 11 is 0. The van der Waals surface area contributed by atoms with Crippen LogP contribution in [0.2, 0.25) is 0 Å². The normalized spacial score (nSPS) is 18.3. The molecule has 4 N–H and O–H groups in total. The maximum Gasteiger partial charge on any atom is 0.322 e. The zero-order valence-corrected chi connectivity index (χ0v) is 13.0. The van der Waals surface area contributed by atoms with Gasteiger partial charge in [0.2, 0.25) is 0 Å². The van der Waals surface area contributed by atoms with Gasteiger partial charge < -0.3 is 26.0 Å². The Bertz CT molecular complexity index is 599. The van der Waals surface area contributed by atoms with Crippen LogP contribution in [-0.2, 0) is 6.54 Å². The van der Waals surface area contributed by atoms with Gasteiger partial charge in [0.05, 0.1) is 6.61 Å². The number of piperidine rings is 1. The largest absolute Gasteiger partial charge is 0.395 e. The van der Waals surface area contributed by atoms with Crippen molar-refractivity contribution in [1.29, 1.82) is 0 Å². The van der Waals surface area contributed by atoms with Crippen LogP contribution >= 0.6 is 0 Å². The van der Waals surface area contributed by atoms with E-state index in [4.69, 9.17) is 5.11 Å². The van der Waals surface area contributed by atoms with Crippen molar-refractivity contribution >= 4 is 17.6 Å². The molecule has 124 valence electrons. The van der Waals surface area contributed by atoms with Crippen LogP contribution in [0.15, 0.2) is 18.2 Å². The molecule has 0 atom stereocenters. The van der Waals surface area contributed by atoms with Crippen LogP contribution in [0, 0.1) is 0 Å². The van der Waals surface area contributed by atoms with E-state index in [-0.39, 0.29) is 31.1 Å². The second-order valence-electron chi connectivity index (χ2n) is 5.89. The van der Waals surface area contributed by atoms with Crippen LogP contribution in [0.5, 0.6) is 0 Å². The Morgan fingerprint density at radius 1 is 1.35 bits per heavy atom. The molecule has 0 saturated carbocycles. The van der Waals surface area contributed by atoms with Gasteiger partial charge in [0.25, 0.3) is 5.91 Å². The van der Waals surface area contributed by atoms with Crippen molar-refractivity contribution in [3.63, 3.8) is 0 Å². The maximum absolute atomic E-state index is 12.4. The van der Waals surface area contributed by atoms with Crippen LogP contribution < -0.4 is 16.0 Å². The van der Waals surface area contributed by atoms with E-state index in [0.29, 0.717) is 17.8 Å². The van der Waals surface area contributed by atoms with Crippen LogP contribution in [0.25, 0.3) is 0 Å². The van der Waals surface area contributed by atoms with Gasteiger partial charge in [-0.05, 0) is 43.6 Å². The standard InChI is InChI=1S/C16H22N4O3/c21-8-7-18-15(22)11-1-2-12-10-20(13-3-5-17-6-4-13)16(23)19-14(12)9-11/h1-2,9,13,17,21H,3-8,10H2,(H,18,22)(H,19,23). The third-order valence-corrected chi connectivity index (χ3v) is 4.36. The topological polar surface area (TPSA) is 93.7 Å². The van der Waals surface area contributed by atoms with Crippen molar-refractivity contribution in [2.24, 2.45) is 0 Å². The SMILES string of the molecule is O=C(NCCO)c1ccc2c(c1)NC(=O)N(C1CCNCC1)C2. The summed E-state index contributed by atoms with van der Waals surface area (Å²) in [5.41, 5.74) is 2.19. The van der Waals surface area contributed by atoms with Crippen LogP contribution in [0.1, 0.15) is 28.8 Å². The highest BCUT2D eigenvalue weighted by Crippen LogP contribution is 2.27. The minimum absolute atomic E-state index is 0.0986. The fourth-order valence-electron chi connectivity index (χ4n) is 3.10. The molecule has 0 radical (unpaired) electrons. The van der Waals surface area contributed by atoms with Gasteiger partial charge in [0.15, 0.2) is 0 Å². The lowest BCUT2D eigenvalue weighted by Crippen LogP contribution is -2.49. The average Bonchev–Trinajstić information content (AvgIpc) is 2.59. The molecule has 1 fully saturated rings. The summed E-state index contributed by atoms with van der Waals surface area (Å²) in [4.78, 5) is 26.2. The first-order valence-corrected chi connectivity index (χ1v) is 7.99. The summed E-state index contributed by atoms with van der Waals surface area (Å²) in [6, 6.07) is 5.49. The van der Waals surface area contributed by atoms with E-state index < -0.39 is 0 Å². The molecule has 3 amide bonds. The molecular weight excluding hydrogens is 296 g/mol. The highest BCUT2D eigenvalue weighted by molar-refractivity contribution is 5.98. The minimum atomic E-state index is -0.253. The zero-order valence-electron chi connectivity index (χ0n) is 13.0. The lowest BCUT2D eigenvalue weighted by molar-refractivity contribution is 0.0944. The number of benzene rings is 1. The first-order chi connectivity index (χ1) is 11.2. The third-order valence-electron chi connectivity index (χ3n) is 4.36. The summed E-state index contributed by atoms with van der Waals surface area (Å²) in [6.07, 6.45) is 1.93. The van der Waals surface area contributed by atoms with Gasteiger partial charge in [0.1, 0.15) is 0 Å². The molecule has 2 heterocycles. The van der Waals surface area contributed by atoms with Gasteiger partial charge in [-0.2, -0.15) is 0 Å². The lowest BCUT2D eigenvalue weighted by Gasteiger charge is -2.38. The summed E-state index contributed by atoms with van der Waals surface area (Å²) in [7, 11) is 0. The number of carbonyl (C=O) groups excluding carboxylic acids is 2. The van der Waals surface area contributed by atoms with Gasteiger partial charge in [-0.15, -0.1) is 0 Å². The second-order valence-corrected chi connectivity index (χ2v) is 5.89. The predicted molar refractivity (Wildman–Crippen MR) is 86.3 cm³/mol. The molecule has 3 rings (SSSR count). The molecular formula is C16H22N4O3. The van der Waals surface area contributed by atoms with Crippen LogP contribution in [0.4, 0.5) is 10.5 Å². The molecule has 23 heavy (non-hydrogen) atoms. The van der Waals surface area contributed by atoms with Crippen molar-refractivity contribution < 1.29 is 14.7 Å². The van der Waals surface area contributed by atoms with E-state index in [1.54, 1.807) is 12.1 Å². The van der Waals surface area contributed by atoms with E-state index in [9.17, 15) is 9.59 Å². The Labute approximate surface area is 135 Å². The quantitative estimate of drug-likeness (QED) is 0.651. The Kier molecular flexibility index (Phi) is 4.78. The summed E-state index contributed by atoms with van der Waals surface area (Å²) in [6.45, 7) is 2.56. The van der Waals surface area contributed by atoms with Gasteiger partial charge >= 0.3 is 6.03 Å². The lowest BCUT2D eigenvalue weighted by atomic mass is 10.0. The Balaban J connectivity index is 1.74. The minimum Gasteiger partial charge on any atom is -0.395 e. The van der Waals surface area contributed by atoms with Crippen LogP contribution in [0.3, 0.4) is 0 Å². The number of hydrogen-bond acceptors (Lipinski definition) is 4. The summed E-state index contributed by atoms with van der Waals surface area (Å²) in [5, 5.41) is 17.6. The van der Waals surface area contributed by atoms with Crippen molar-refractivity contribution in [3.8, 4) is 0 Å². The molecule has 0 spiro atoms. The number of aliphatic hydroxyl groups is 1.